The third kappa shape index (κ3) is 23.6. The topological polar surface area (TPSA) is 63.6 Å². The lowest BCUT2D eigenvalue weighted by atomic mass is 9.97. The molecule has 0 radical (unpaired) electrons. The van der Waals surface area contributed by atoms with Gasteiger partial charge in [0, 0.05) is 0 Å². The van der Waals surface area contributed by atoms with Gasteiger partial charge in [0.15, 0.2) is 0 Å². The second-order valence-electron chi connectivity index (χ2n) is 9.60. The highest BCUT2D eigenvalue weighted by atomic mass is 16.5. The Balaban J connectivity index is 3.47. The van der Waals surface area contributed by atoms with E-state index in [4.69, 9.17) is 9.84 Å². The van der Waals surface area contributed by atoms with Gasteiger partial charge < -0.3 is 9.84 Å². The van der Waals surface area contributed by atoms with E-state index < -0.39 is 11.9 Å². The molecule has 1 N–H and O–H groups in total. The van der Waals surface area contributed by atoms with Gasteiger partial charge in [0.2, 0.25) is 0 Å². The maximum absolute atomic E-state index is 12.0. The molecule has 1 unspecified atom stereocenters. The van der Waals surface area contributed by atoms with Gasteiger partial charge in [0.05, 0.1) is 18.9 Å². The molecule has 0 bridgehead atoms. The summed E-state index contributed by atoms with van der Waals surface area (Å²) in [4.78, 5) is 23.0. The van der Waals surface area contributed by atoms with Crippen LogP contribution in [0.5, 0.6) is 0 Å². The van der Waals surface area contributed by atoms with Gasteiger partial charge in [0.1, 0.15) is 0 Å². The van der Waals surface area contributed by atoms with Crippen molar-refractivity contribution in [2.45, 2.75) is 149 Å². The number of carbonyl (C=O) groups excluding carboxylic acids is 1. The van der Waals surface area contributed by atoms with Crippen LogP contribution in [0.15, 0.2) is 12.2 Å². The van der Waals surface area contributed by atoms with Gasteiger partial charge in [-0.05, 0) is 38.5 Å². The molecule has 0 aliphatic rings. The standard InChI is InChI=1S/C29H54O4/c1-3-5-6-7-8-9-10-11-12-13-14-15-16-17-18-19-20-21-22-23-24-27(26-28(30)31)29(32)33-25-4-2/h16-17,27H,3-15,18-26H2,1-2H3,(H,30,31)/b17-16+. The predicted octanol–water partition coefficient (Wildman–Crippen LogP) is 9.02. The monoisotopic (exact) mass is 466 g/mol. The highest BCUT2D eigenvalue weighted by molar-refractivity contribution is 5.79. The number of hydrogen-bond acceptors (Lipinski definition) is 3. The largest absolute Gasteiger partial charge is 0.481 e. The molecule has 4 heteroatoms. The van der Waals surface area contributed by atoms with Crippen molar-refractivity contribution < 1.29 is 19.4 Å². The molecular weight excluding hydrogens is 412 g/mol. The smallest absolute Gasteiger partial charge is 0.309 e. The first-order valence-corrected chi connectivity index (χ1v) is 14.1. The van der Waals surface area contributed by atoms with Crippen molar-refractivity contribution in [2.75, 3.05) is 6.61 Å². The Hall–Kier alpha value is -1.32. The van der Waals surface area contributed by atoms with Crippen LogP contribution in [0.4, 0.5) is 0 Å². The number of aliphatic carboxylic acids is 1. The van der Waals surface area contributed by atoms with E-state index in [0.717, 1.165) is 32.1 Å². The number of rotatable bonds is 25. The minimum Gasteiger partial charge on any atom is -0.481 e. The summed E-state index contributed by atoms with van der Waals surface area (Å²) in [5, 5.41) is 9.01. The second-order valence-corrected chi connectivity index (χ2v) is 9.60. The van der Waals surface area contributed by atoms with E-state index in [1.165, 1.54) is 89.9 Å². The number of unbranched alkanes of at least 4 members (excludes halogenated alkanes) is 16. The summed E-state index contributed by atoms with van der Waals surface area (Å²) in [5.41, 5.74) is 0. The molecule has 0 aromatic heterocycles. The molecular formula is C29H54O4. The summed E-state index contributed by atoms with van der Waals surface area (Å²) < 4.78 is 5.14. The molecule has 0 aromatic carbocycles. The van der Waals surface area contributed by atoms with Gasteiger partial charge in [0.25, 0.3) is 0 Å². The highest BCUT2D eigenvalue weighted by Crippen LogP contribution is 2.18. The average molecular weight is 467 g/mol. The molecule has 0 rings (SSSR count). The van der Waals surface area contributed by atoms with Gasteiger partial charge in [-0.2, -0.15) is 0 Å². The molecule has 0 saturated carbocycles. The zero-order valence-electron chi connectivity index (χ0n) is 22.0. The Morgan fingerprint density at radius 3 is 1.58 bits per heavy atom. The van der Waals surface area contributed by atoms with Gasteiger partial charge in [-0.25, -0.2) is 0 Å². The lowest BCUT2D eigenvalue weighted by molar-refractivity contribution is -0.153. The van der Waals surface area contributed by atoms with E-state index in [-0.39, 0.29) is 12.4 Å². The van der Waals surface area contributed by atoms with Crippen molar-refractivity contribution >= 4 is 11.9 Å². The number of ether oxygens (including phenoxy) is 1. The fraction of sp³-hybridized carbons (Fsp3) is 0.862. The zero-order chi connectivity index (χ0) is 24.4. The number of carboxylic acid groups (broad SMARTS) is 1. The number of hydrogen-bond donors (Lipinski definition) is 1. The number of carbonyl (C=O) groups is 2. The van der Waals surface area contributed by atoms with Crippen LogP contribution < -0.4 is 0 Å². The predicted molar refractivity (Wildman–Crippen MR) is 140 cm³/mol. The third-order valence-electron chi connectivity index (χ3n) is 6.27. The first kappa shape index (κ1) is 31.7. The Morgan fingerprint density at radius 2 is 1.12 bits per heavy atom. The molecule has 0 saturated heterocycles. The van der Waals surface area contributed by atoms with Gasteiger partial charge in [-0.1, -0.05) is 116 Å². The van der Waals surface area contributed by atoms with E-state index in [1.807, 2.05) is 6.92 Å². The number of esters is 1. The van der Waals surface area contributed by atoms with Crippen molar-refractivity contribution in [2.24, 2.45) is 5.92 Å². The lowest BCUT2D eigenvalue weighted by Gasteiger charge is -2.13. The molecule has 0 amide bonds. The lowest BCUT2D eigenvalue weighted by Crippen LogP contribution is -2.21. The van der Waals surface area contributed by atoms with E-state index in [0.29, 0.717) is 13.0 Å². The second kappa shape index (κ2) is 25.3. The summed E-state index contributed by atoms with van der Waals surface area (Å²) >= 11 is 0. The normalized spacial score (nSPS) is 12.3. The quantitative estimate of drug-likeness (QED) is 0.0828. The summed E-state index contributed by atoms with van der Waals surface area (Å²) in [6.45, 7) is 4.59. The molecule has 33 heavy (non-hydrogen) atoms. The van der Waals surface area contributed by atoms with Crippen LogP contribution in [0.1, 0.15) is 149 Å². The van der Waals surface area contributed by atoms with Crippen LogP contribution >= 0.6 is 0 Å². The summed E-state index contributed by atoms with van der Waals surface area (Å²) in [7, 11) is 0. The molecule has 0 fully saturated rings. The molecule has 1 atom stereocenters. The molecule has 194 valence electrons. The SMILES string of the molecule is CCCCCCCCCCCCC/C=C/CCCCCCCC(CC(=O)O)C(=O)OCCC. The first-order valence-electron chi connectivity index (χ1n) is 14.1. The Kier molecular flexibility index (Phi) is 24.3. The number of carboxylic acids is 1. The first-order chi connectivity index (χ1) is 16.1. The van der Waals surface area contributed by atoms with Crippen molar-refractivity contribution in [1.29, 1.82) is 0 Å². The average Bonchev–Trinajstić information content (AvgIpc) is 2.80. The van der Waals surface area contributed by atoms with Crippen molar-refractivity contribution in [3.8, 4) is 0 Å². The third-order valence-corrected chi connectivity index (χ3v) is 6.27. The van der Waals surface area contributed by atoms with E-state index in [2.05, 4.69) is 19.1 Å². The van der Waals surface area contributed by atoms with Crippen LogP contribution in [0.25, 0.3) is 0 Å². The Morgan fingerprint density at radius 1 is 0.667 bits per heavy atom. The maximum atomic E-state index is 12.0. The number of allylic oxidation sites excluding steroid dienone is 2. The van der Waals surface area contributed by atoms with Gasteiger partial charge in [-0.3, -0.25) is 9.59 Å². The van der Waals surface area contributed by atoms with Crippen LogP contribution in [-0.4, -0.2) is 23.7 Å². The van der Waals surface area contributed by atoms with Crippen LogP contribution in [-0.2, 0) is 14.3 Å². The maximum Gasteiger partial charge on any atom is 0.309 e. The van der Waals surface area contributed by atoms with Crippen molar-refractivity contribution in [3.63, 3.8) is 0 Å². The Bertz CT molecular complexity index is 472. The van der Waals surface area contributed by atoms with Crippen molar-refractivity contribution in [1.82, 2.24) is 0 Å². The van der Waals surface area contributed by atoms with Gasteiger partial charge in [-0.15, -0.1) is 0 Å². The van der Waals surface area contributed by atoms with Crippen LogP contribution in [0.2, 0.25) is 0 Å². The fourth-order valence-electron chi connectivity index (χ4n) is 4.18. The minimum atomic E-state index is -0.923. The molecule has 0 aromatic rings. The van der Waals surface area contributed by atoms with E-state index in [9.17, 15) is 9.59 Å². The molecule has 0 heterocycles. The molecule has 0 aliphatic carbocycles. The molecule has 0 aliphatic heterocycles. The summed E-state index contributed by atoms with van der Waals surface area (Å²) in [5.74, 6) is -1.76. The molecule has 0 spiro atoms. The molecule has 4 nitrogen and oxygen atoms in total. The minimum absolute atomic E-state index is 0.119. The van der Waals surface area contributed by atoms with Crippen molar-refractivity contribution in [3.05, 3.63) is 12.2 Å². The fourth-order valence-corrected chi connectivity index (χ4v) is 4.18. The van der Waals surface area contributed by atoms with E-state index in [1.54, 1.807) is 0 Å². The summed E-state index contributed by atoms with van der Waals surface area (Å²) in [6, 6.07) is 0. The zero-order valence-corrected chi connectivity index (χ0v) is 22.0. The van der Waals surface area contributed by atoms with E-state index >= 15 is 0 Å². The van der Waals surface area contributed by atoms with Crippen LogP contribution in [0, 0.1) is 5.92 Å². The van der Waals surface area contributed by atoms with Gasteiger partial charge >= 0.3 is 11.9 Å². The van der Waals surface area contributed by atoms with Crippen LogP contribution in [0.3, 0.4) is 0 Å². The summed E-state index contributed by atoms with van der Waals surface area (Å²) in [6.07, 6.45) is 29.2. The Labute approximate surface area is 204 Å². The highest BCUT2D eigenvalue weighted by Gasteiger charge is 2.22.